The number of rotatable bonds is 9. The van der Waals surface area contributed by atoms with Gasteiger partial charge in [-0.05, 0) is 49.7 Å². The number of piperazine rings is 1. The van der Waals surface area contributed by atoms with Gasteiger partial charge in [0.1, 0.15) is 0 Å². The van der Waals surface area contributed by atoms with Gasteiger partial charge in [0.25, 0.3) is 0 Å². The van der Waals surface area contributed by atoms with E-state index in [9.17, 15) is 18.0 Å². The van der Waals surface area contributed by atoms with Crippen molar-refractivity contribution in [1.29, 1.82) is 0 Å². The molecule has 0 radical (unpaired) electrons. The number of ketones is 1. The first kappa shape index (κ1) is 23.9. The minimum absolute atomic E-state index is 0.0129. The third-order valence-electron chi connectivity index (χ3n) is 5.63. The van der Waals surface area contributed by atoms with Crippen LogP contribution in [0.2, 0.25) is 0 Å². The molecule has 3 rings (SSSR count). The minimum Gasteiger partial charge on any atom is -0.369 e. The van der Waals surface area contributed by atoms with Gasteiger partial charge in [0.15, 0.2) is 15.6 Å². The molecule has 1 aliphatic rings. The number of hydrogen-bond donors (Lipinski definition) is 1. The van der Waals surface area contributed by atoms with Crippen LogP contribution in [-0.2, 0) is 14.6 Å². The average Bonchev–Trinajstić information content (AvgIpc) is 2.76. The predicted octanol–water partition coefficient (Wildman–Crippen LogP) is 3.22. The Bertz CT molecular complexity index is 1050. The van der Waals surface area contributed by atoms with Gasteiger partial charge in [0.2, 0.25) is 5.91 Å². The summed E-state index contributed by atoms with van der Waals surface area (Å²) in [7, 11) is -3.51. The SMILES string of the molecule is CC(=O)Nc1cc(C(=O)CCCCN2CCN(c3ccccc3)CC2)ccc1S(C)(=O)=O. The zero-order chi connectivity index (χ0) is 23.1. The maximum absolute atomic E-state index is 12.6. The summed E-state index contributed by atoms with van der Waals surface area (Å²) in [6.45, 7) is 6.29. The van der Waals surface area contributed by atoms with Gasteiger partial charge in [-0.2, -0.15) is 0 Å². The number of unbranched alkanes of at least 4 members (excludes halogenated alkanes) is 1. The molecule has 172 valence electrons. The van der Waals surface area contributed by atoms with Crippen LogP contribution in [0.15, 0.2) is 53.4 Å². The number of anilines is 2. The van der Waals surface area contributed by atoms with Crippen molar-refractivity contribution in [3.05, 3.63) is 54.1 Å². The number of nitrogens with one attached hydrogen (secondary N) is 1. The summed E-state index contributed by atoms with van der Waals surface area (Å²) < 4.78 is 23.9. The highest BCUT2D eigenvalue weighted by Crippen LogP contribution is 2.24. The average molecular weight is 458 g/mol. The number of amides is 1. The van der Waals surface area contributed by atoms with Crippen molar-refractivity contribution in [1.82, 2.24) is 4.90 Å². The number of Topliss-reactive ketones (excluding diaryl/α,β-unsaturated/α-hetero) is 1. The highest BCUT2D eigenvalue weighted by molar-refractivity contribution is 7.90. The molecule has 7 nitrogen and oxygen atoms in total. The number of carbonyl (C=O) groups is 2. The van der Waals surface area contributed by atoms with E-state index in [2.05, 4.69) is 39.4 Å². The largest absolute Gasteiger partial charge is 0.369 e. The summed E-state index contributed by atoms with van der Waals surface area (Å²) in [5.41, 5.74) is 1.83. The molecule has 0 aromatic heterocycles. The second-order valence-corrected chi connectivity index (χ2v) is 10.2. The maximum Gasteiger partial charge on any atom is 0.221 e. The number of benzene rings is 2. The molecule has 0 aliphatic carbocycles. The molecule has 0 saturated carbocycles. The zero-order valence-corrected chi connectivity index (χ0v) is 19.5. The van der Waals surface area contributed by atoms with Crippen molar-refractivity contribution in [2.75, 3.05) is 49.2 Å². The van der Waals surface area contributed by atoms with E-state index >= 15 is 0 Å². The van der Waals surface area contributed by atoms with E-state index in [1.165, 1.54) is 30.8 Å². The van der Waals surface area contributed by atoms with E-state index < -0.39 is 9.84 Å². The van der Waals surface area contributed by atoms with Gasteiger partial charge in [-0.25, -0.2) is 8.42 Å². The Morgan fingerprint density at radius 2 is 1.66 bits per heavy atom. The number of carbonyl (C=O) groups excluding carboxylic acids is 2. The van der Waals surface area contributed by atoms with Crippen LogP contribution in [0, 0.1) is 0 Å². The lowest BCUT2D eigenvalue weighted by molar-refractivity contribution is -0.114. The first-order chi connectivity index (χ1) is 15.2. The molecule has 1 saturated heterocycles. The number of sulfone groups is 1. The van der Waals surface area contributed by atoms with Crippen molar-refractivity contribution in [3.8, 4) is 0 Å². The van der Waals surface area contributed by atoms with Crippen molar-refractivity contribution in [2.24, 2.45) is 0 Å². The van der Waals surface area contributed by atoms with E-state index in [4.69, 9.17) is 0 Å². The van der Waals surface area contributed by atoms with Crippen LogP contribution in [0.1, 0.15) is 36.5 Å². The van der Waals surface area contributed by atoms with Crippen molar-refractivity contribution in [2.45, 2.75) is 31.1 Å². The summed E-state index contributed by atoms with van der Waals surface area (Å²) in [5, 5.41) is 2.52. The van der Waals surface area contributed by atoms with E-state index in [0.717, 1.165) is 51.8 Å². The van der Waals surface area contributed by atoms with Gasteiger partial charge in [0.05, 0.1) is 10.6 Å². The van der Waals surface area contributed by atoms with Gasteiger partial charge in [-0.15, -0.1) is 0 Å². The second-order valence-electron chi connectivity index (χ2n) is 8.21. The fourth-order valence-electron chi connectivity index (χ4n) is 3.95. The quantitative estimate of drug-likeness (QED) is 0.460. The highest BCUT2D eigenvalue weighted by Gasteiger charge is 2.18. The number of hydrogen-bond acceptors (Lipinski definition) is 6. The fraction of sp³-hybridized carbons (Fsp3) is 0.417. The molecule has 0 atom stereocenters. The lowest BCUT2D eigenvalue weighted by Gasteiger charge is -2.36. The molecule has 2 aromatic rings. The molecule has 1 N–H and O–H groups in total. The highest BCUT2D eigenvalue weighted by atomic mass is 32.2. The van der Waals surface area contributed by atoms with Crippen LogP contribution in [0.5, 0.6) is 0 Å². The van der Waals surface area contributed by atoms with Crippen LogP contribution in [0.4, 0.5) is 11.4 Å². The third-order valence-corrected chi connectivity index (χ3v) is 6.79. The lowest BCUT2D eigenvalue weighted by Crippen LogP contribution is -2.46. The summed E-state index contributed by atoms with van der Waals surface area (Å²) in [4.78, 5) is 28.9. The van der Waals surface area contributed by atoms with E-state index in [1.54, 1.807) is 0 Å². The van der Waals surface area contributed by atoms with Gasteiger partial charge >= 0.3 is 0 Å². The van der Waals surface area contributed by atoms with E-state index in [1.807, 2.05) is 6.07 Å². The number of para-hydroxylation sites is 1. The molecular formula is C24H31N3O4S. The summed E-state index contributed by atoms with van der Waals surface area (Å²) in [6, 6.07) is 14.8. The Morgan fingerprint density at radius 1 is 0.969 bits per heavy atom. The molecule has 1 fully saturated rings. The van der Waals surface area contributed by atoms with Crippen LogP contribution in [-0.4, -0.2) is 64.0 Å². The Kier molecular flexibility index (Phi) is 8.04. The fourth-order valence-corrected chi connectivity index (χ4v) is 4.77. The van der Waals surface area contributed by atoms with Crippen LogP contribution < -0.4 is 10.2 Å². The molecule has 0 bridgehead atoms. The molecular weight excluding hydrogens is 426 g/mol. The molecule has 8 heteroatoms. The molecule has 32 heavy (non-hydrogen) atoms. The molecule has 2 aromatic carbocycles. The van der Waals surface area contributed by atoms with E-state index in [-0.39, 0.29) is 22.3 Å². The van der Waals surface area contributed by atoms with Gasteiger partial charge in [-0.3, -0.25) is 14.5 Å². The normalized spacial score (nSPS) is 14.9. The standard InChI is InChI=1S/C24H31N3O4S/c1-19(28)25-22-18-20(11-12-24(22)32(2,30)31)23(29)10-6-7-13-26-14-16-27(17-15-26)21-8-4-3-5-9-21/h3-5,8-9,11-12,18H,6-7,10,13-17H2,1-2H3,(H,25,28). The molecule has 0 spiro atoms. The first-order valence-electron chi connectivity index (χ1n) is 10.9. The Hall–Kier alpha value is -2.71. The summed E-state index contributed by atoms with van der Waals surface area (Å²) >= 11 is 0. The molecule has 1 aliphatic heterocycles. The predicted molar refractivity (Wildman–Crippen MR) is 127 cm³/mol. The summed E-state index contributed by atoms with van der Waals surface area (Å²) in [5.74, 6) is -0.433. The lowest BCUT2D eigenvalue weighted by atomic mass is 10.0. The van der Waals surface area contributed by atoms with Crippen molar-refractivity contribution < 1.29 is 18.0 Å². The van der Waals surface area contributed by atoms with Gasteiger partial charge in [0, 0.05) is 57.0 Å². The first-order valence-corrected chi connectivity index (χ1v) is 12.8. The Labute approximate surface area is 190 Å². The van der Waals surface area contributed by atoms with Crippen LogP contribution >= 0.6 is 0 Å². The monoisotopic (exact) mass is 457 g/mol. The van der Waals surface area contributed by atoms with E-state index in [0.29, 0.717) is 12.0 Å². The molecule has 0 unspecified atom stereocenters. The molecule has 1 amide bonds. The van der Waals surface area contributed by atoms with Gasteiger partial charge < -0.3 is 10.2 Å². The Morgan fingerprint density at radius 3 is 2.28 bits per heavy atom. The topological polar surface area (TPSA) is 86.8 Å². The molecule has 1 heterocycles. The third kappa shape index (κ3) is 6.64. The van der Waals surface area contributed by atoms with Crippen molar-refractivity contribution >= 4 is 32.9 Å². The summed E-state index contributed by atoms with van der Waals surface area (Å²) in [6.07, 6.45) is 3.16. The minimum atomic E-state index is -3.51. The van der Waals surface area contributed by atoms with Gasteiger partial charge in [-0.1, -0.05) is 18.2 Å². The number of nitrogens with zero attached hydrogens (tertiary/aromatic N) is 2. The zero-order valence-electron chi connectivity index (χ0n) is 18.7. The van der Waals surface area contributed by atoms with Crippen LogP contribution in [0.3, 0.4) is 0 Å². The van der Waals surface area contributed by atoms with Crippen molar-refractivity contribution in [3.63, 3.8) is 0 Å². The maximum atomic E-state index is 12.6. The van der Waals surface area contributed by atoms with Crippen LogP contribution in [0.25, 0.3) is 0 Å². The Balaban J connectivity index is 1.46. The smallest absolute Gasteiger partial charge is 0.221 e. The second kappa shape index (κ2) is 10.7.